The fraction of sp³-hybridized carbons (Fsp3) is 0.762. The predicted molar refractivity (Wildman–Crippen MR) is 94.6 cm³/mol. The van der Waals surface area contributed by atoms with Gasteiger partial charge in [0.2, 0.25) is 0 Å². The van der Waals surface area contributed by atoms with E-state index in [4.69, 9.17) is 0 Å². The van der Waals surface area contributed by atoms with Crippen molar-refractivity contribution in [1.29, 1.82) is 0 Å². The Morgan fingerprint density at radius 2 is 2.22 bits per heavy atom. The highest BCUT2D eigenvalue weighted by molar-refractivity contribution is 5.93. The Morgan fingerprint density at radius 1 is 1.39 bits per heavy atom. The van der Waals surface area contributed by atoms with E-state index in [0.717, 1.165) is 36.6 Å². The third kappa shape index (κ3) is 3.21. The van der Waals surface area contributed by atoms with Crippen molar-refractivity contribution in [3.05, 3.63) is 12.2 Å². The second kappa shape index (κ2) is 6.71. The molecule has 3 fully saturated rings. The molecule has 3 rings (SSSR count). The molecular weight excluding hydrogens is 282 g/mol. The molecule has 1 amide bonds. The van der Waals surface area contributed by atoms with Gasteiger partial charge in [-0.1, -0.05) is 25.0 Å². The Hall–Kier alpha value is -1.23. The highest BCUT2D eigenvalue weighted by atomic mass is 16.1. The summed E-state index contributed by atoms with van der Waals surface area (Å²) in [4.78, 5) is 11.4. The van der Waals surface area contributed by atoms with Gasteiger partial charge in [-0.05, 0) is 93.3 Å². The molecule has 0 aliphatic heterocycles. The van der Waals surface area contributed by atoms with Crippen LogP contribution in [0.3, 0.4) is 0 Å². The van der Waals surface area contributed by atoms with E-state index in [1.807, 2.05) is 0 Å². The maximum absolute atomic E-state index is 11.4. The highest BCUT2D eigenvalue weighted by Crippen LogP contribution is 2.64. The Balaban J connectivity index is 1.58. The molecule has 2 heteroatoms. The summed E-state index contributed by atoms with van der Waals surface area (Å²) in [6, 6.07) is 0. The standard InChI is InChI=1S/C21H31NO/c1-4-6-20(23)22-12-5-7-18-15(2)10-11-21-13-16(3)17(14-21)8-9-19(18)21/h15,17-19H,3,5,7-14H2,1-2H3,(H,22,23)/t15?,17-,18?,19?,21-/m1/s1. The Morgan fingerprint density at radius 3 is 3.00 bits per heavy atom. The molecule has 1 spiro atoms. The Kier molecular flexibility index (Phi) is 4.85. The number of hydrogen-bond donors (Lipinski definition) is 1. The van der Waals surface area contributed by atoms with Gasteiger partial charge in [-0.15, -0.1) is 0 Å². The fourth-order valence-corrected chi connectivity index (χ4v) is 5.93. The van der Waals surface area contributed by atoms with Crippen molar-refractivity contribution in [1.82, 2.24) is 5.32 Å². The van der Waals surface area contributed by atoms with E-state index < -0.39 is 0 Å². The SMILES string of the molecule is C=C1C[C@@]23CCC(C)C(CCCNC(=O)C#CC)C2CC[C@@H]1C3. The molecule has 0 aromatic rings. The van der Waals surface area contributed by atoms with Gasteiger partial charge < -0.3 is 5.32 Å². The van der Waals surface area contributed by atoms with Gasteiger partial charge in [0.15, 0.2) is 0 Å². The zero-order valence-electron chi connectivity index (χ0n) is 14.8. The van der Waals surface area contributed by atoms with Crippen LogP contribution in [0.1, 0.15) is 65.2 Å². The zero-order chi connectivity index (χ0) is 16.4. The summed E-state index contributed by atoms with van der Waals surface area (Å²) in [5, 5.41) is 2.92. The average molecular weight is 313 g/mol. The van der Waals surface area contributed by atoms with Crippen LogP contribution >= 0.6 is 0 Å². The summed E-state index contributed by atoms with van der Waals surface area (Å²) >= 11 is 0. The summed E-state index contributed by atoms with van der Waals surface area (Å²) in [5.74, 6) is 8.47. The molecule has 2 nitrogen and oxygen atoms in total. The van der Waals surface area contributed by atoms with Gasteiger partial charge in [0.1, 0.15) is 0 Å². The number of rotatable bonds is 4. The molecule has 0 heterocycles. The number of fused-ring (bicyclic) bond motifs is 1. The van der Waals surface area contributed by atoms with Crippen LogP contribution in [-0.4, -0.2) is 12.5 Å². The van der Waals surface area contributed by atoms with Crippen LogP contribution in [0.4, 0.5) is 0 Å². The fourth-order valence-electron chi connectivity index (χ4n) is 5.93. The van der Waals surface area contributed by atoms with Crippen LogP contribution in [0.5, 0.6) is 0 Å². The van der Waals surface area contributed by atoms with Gasteiger partial charge in [-0.3, -0.25) is 4.79 Å². The number of amides is 1. The quantitative estimate of drug-likeness (QED) is 0.467. The number of carbonyl (C=O) groups is 1. The van der Waals surface area contributed by atoms with Gasteiger partial charge in [-0.25, -0.2) is 0 Å². The maximum Gasteiger partial charge on any atom is 0.295 e. The molecule has 5 atom stereocenters. The number of hydrogen-bond acceptors (Lipinski definition) is 1. The molecular formula is C21H31NO. The first-order valence-corrected chi connectivity index (χ1v) is 9.44. The lowest BCUT2D eigenvalue weighted by Gasteiger charge is -2.51. The molecule has 3 saturated carbocycles. The van der Waals surface area contributed by atoms with Gasteiger partial charge in [0, 0.05) is 6.54 Å². The third-order valence-electron chi connectivity index (χ3n) is 7.01. The average Bonchev–Trinajstić information content (AvgIpc) is 2.77. The molecule has 23 heavy (non-hydrogen) atoms. The normalized spacial score (nSPS) is 38.4. The van der Waals surface area contributed by atoms with Crippen molar-refractivity contribution in [2.75, 3.05) is 6.54 Å². The first-order valence-electron chi connectivity index (χ1n) is 9.44. The molecule has 3 aliphatic carbocycles. The van der Waals surface area contributed by atoms with Gasteiger partial charge in [0.05, 0.1) is 0 Å². The van der Waals surface area contributed by atoms with Crippen molar-refractivity contribution in [2.45, 2.75) is 65.2 Å². The van der Waals surface area contributed by atoms with Crippen LogP contribution < -0.4 is 5.32 Å². The molecule has 3 aliphatic rings. The number of carbonyl (C=O) groups excluding carboxylic acids is 1. The first kappa shape index (κ1) is 16.6. The number of allylic oxidation sites excluding steroid dienone is 1. The largest absolute Gasteiger partial charge is 0.345 e. The van der Waals surface area contributed by atoms with E-state index in [1.54, 1.807) is 12.5 Å². The van der Waals surface area contributed by atoms with Crippen molar-refractivity contribution >= 4 is 5.91 Å². The summed E-state index contributed by atoms with van der Waals surface area (Å²) in [6.45, 7) is 9.30. The lowest BCUT2D eigenvalue weighted by Crippen LogP contribution is -2.43. The minimum atomic E-state index is -0.131. The van der Waals surface area contributed by atoms with E-state index in [2.05, 4.69) is 30.7 Å². The van der Waals surface area contributed by atoms with Crippen molar-refractivity contribution in [2.24, 2.45) is 29.1 Å². The number of nitrogens with one attached hydrogen (secondary N) is 1. The van der Waals surface area contributed by atoms with E-state index in [-0.39, 0.29) is 5.91 Å². The van der Waals surface area contributed by atoms with Gasteiger partial charge in [0.25, 0.3) is 5.91 Å². The topological polar surface area (TPSA) is 29.1 Å². The van der Waals surface area contributed by atoms with Crippen LogP contribution in [0.25, 0.3) is 0 Å². The Bertz CT molecular complexity index is 540. The van der Waals surface area contributed by atoms with Gasteiger partial charge in [-0.2, -0.15) is 0 Å². The molecule has 3 unspecified atom stereocenters. The summed E-state index contributed by atoms with van der Waals surface area (Å²) in [5.41, 5.74) is 2.14. The second-order valence-corrected chi connectivity index (χ2v) is 8.24. The van der Waals surface area contributed by atoms with Crippen LogP contribution in [0, 0.1) is 40.9 Å². The predicted octanol–water partition coefficient (Wildman–Crippen LogP) is 4.31. The third-order valence-corrected chi connectivity index (χ3v) is 7.01. The smallest absolute Gasteiger partial charge is 0.295 e. The minimum Gasteiger partial charge on any atom is -0.345 e. The lowest BCUT2D eigenvalue weighted by molar-refractivity contribution is -0.115. The van der Waals surface area contributed by atoms with E-state index in [9.17, 15) is 4.79 Å². The van der Waals surface area contributed by atoms with Crippen LogP contribution in [0.15, 0.2) is 12.2 Å². The molecule has 0 aromatic heterocycles. The maximum atomic E-state index is 11.4. The molecule has 0 aromatic carbocycles. The summed E-state index contributed by atoms with van der Waals surface area (Å²) < 4.78 is 0. The minimum absolute atomic E-state index is 0.131. The monoisotopic (exact) mass is 313 g/mol. The van der Waals surface area contributed by atoms with E-state index in [1.165, 1.54) is 44.9 Å². The van der Waals surface area contributed by atoms with Crippen molar-refractivity contribution in [3.63, 3.8) is 0 Å². The Labute approximate surface area is 141 Å². The van der Waals surface area contributed by atoms with Crippen molar-refractivity contribution in [3.8, 4) is 11.8 Å². The zero-order valence-corrected chi connectivity index (χ0v) is 14.8. The molecule has 2 bridgehead atoms. The van der Waals surface area contributed by atoms with Crippen LogP contribution in [-0.2, 0) is 4.79 Å². The van der Waals surface area contributed by atoms with E-state index in [0.29, 0.717) is 5.41 Å². The molecule has 1 N–H and O–H groups in total. The van der Waals surface area contributed by atoms with E-state index >= 15 is 0 Å². The summed E-state index contributed by atoms with van der Waals surface area (Å²) in [7, 11) is 0. The lowest BCUT2D eigenvalue weighted by atomic mass is 9.53. The van der Waals surface area contributed by atoms with Crippen LogP contribution in [0.2, 0.25) is 0 Å². The highest BCUT2D eigenvalue weighted by Gasteiger charge is 2.54. The first-order chi connectivity index (χ1) is 11.1. The molecule has 0 radical (unpaired) electrons. The second-order valence-electron chi connectivity index (χ2n) is 8.24. The molecule has 0 saturated heterocycles. The molecule has 126 valence electrons. The van der Waals surface area contributed by atoms with Gasteiger partial charge >= 0.3 is 0 Å². The van der Waals surface area contributed by atoms with Crippen molar-refractivity contribution < 1.29 is 4.79 Å². The summed E-state index contributed by atoms with van der Waals surface area (Å²) in [6.07, 6.45) is 10.6.